The second kappa shape index (κ2) is 6.58. The summed E-state index contributed by atoms with van der Waals surface area (Å²) in [6.07, 6.45) is 0. The Bertz CT molecular complexity index is 638. The number of anilines is 1. The van der Waals surface area contributed by atoms with Gasteiger partial charge in [0.05, 0.1) is 5.69 Å². The van der Waals surface area contributed by atoms with Crippen LogP contribution in [0.4, 0.5) is 18.9 Å². The van der Waals surface area contributed by atoms with E-state index >= 15 is 0 Å². The summed E-state index contributed by atoms with van der Waals surface area (Å²) in [6.45, 7) is -3.08. The Kier molecular flexibility index (Phi) is 4.80. The van der Waals surface area contributed by atoms with Gasteiger partial charge in [0.1, 0.15) is 12.4 Å². The van der Waals surface area contributed by atoms with E-state index in [0.29, 0.717) is 10.6 Å². The molecule has 0 bridgehead atoms. The molecule has 2 aromatic rings. The first-order valence-corrected chi connectivity index (χ1v) is 6.25. The van der Waals surface area contributed by atoms with Crippen LogP contribution in [0.2, 0.25) is 5.02 Å². The molecule has 0 atom stereocenters. The van der Waals surface area contributed by atoms with E-state index in [1.165, 1.54) is 0 Å². The number of nitrogens with two attached hydrogens (primary N) is 1. The number of halogens is 4. The van der Waals surface area contributed by atoms with Crippen LogP contribution < -0.4 is 15.2 Å². The van der Waals surface area contributed by atoms with Gasteiger partial charge in [-0.25, -0.2) is 4.39 Å². The maximum atomic E-state index is 13.4. The number of benzene rings is 2. The molecule has 0 amide bonds. The first-order valence-electron chi connectivity index (χ1n) is 5.87. The monoisotopic (exact) mass is 317 g/mol. The molecule has 0 unspecified atom stereocenters. The largest absolute Gasteiger partial charge is 0.487 e. The maximum Gasteiger partial charge on any atom is 0.387 e. The van der Waals surface area contributed by atoms with Gasteiger partial charge < -0.3 is 15.2 Å². The van der Waals surface area contributed by atoms with E-state index < -0.39 is 18.2 Å². The van der Waals surface area contributed by atoms with E-state index in [2.05, 4.69) is 4.74 Å². The van der Waals surface area contributed by atoms with Crippen LogP contribution in [-0.4, -0.2) is 6.61 Å². The summed E-state index contributed by atoms with van der Waals surface area (Å²) in [4.78, 5) is 0. The Morgan fingerprint density at radius 2 is 1.86 bits per heavy atom. The summed E-state index contributed by atoms with van der Waals surface area (Å²) in [5.74, 6) is -1.58. The standard InChI is InChI=1S/C14H11ClF3NO2/c15-9-4-2-1-3-8(9)7-20-13-6-12(21-14(17)18)10(16)5-11(13)19/h1-6,14H,7,19H2. The van der Waals surface area contributed by atoms with Gasteiger partial charge in [0, 0.05) is 22.7 Å². The Morgan fingerprint density at radius 3 is 2.52 bits per heavy atom. The van der Waals surface area contributed by atoms with Gasteiger partial charge >= 0.3 is 6.61 Å². The Morgan fingerprint density at radius 1 is 1.14 bits per heavy atom. The highest BCUT2D eigenvalue weighted by atomic mass is 35.5. The third-order valence-corrected chi connectivity index (χ3v) is 2.99. The molecule has 2 rings (SSSR count). The van der Waals surface area contributed by atoms with Crippen molar-refractivity contribution < 1.29 is 22.6 Å². The third-order valence-electron chi connectivity index (χ3n) is 2.62. The SMILES string of the molecule is Nc1cc(F)c(OC(F)F)cc1OCc1ccccc1Cl. The zero-order valence-electron chi connectivity index (χ0n) is 10.7. The molecule has 0 saturated carbocycles. The highest BCUT2D eigenvalue weighted by Crippen LogP contribution is 2.32. The molecule has 0 radical (unpaired) electrons. The summed E-state index contributed by atoms with van der Waals surface area (Å²) in [5, 5.41) is 0.488. The van der Waals surface area contributed by atoms with Gasteiger partial charge in [0.15, 0.2) is 11.6 Å². The number of hydrogen-bond acceptors (Lipinski definition) is 3. The topological polar surface area (TPSA) is 44.5 Å². The van der Waals surface area contributed by atoms with Gasteiger partial charge in [-0.05, 0) is 6.07 Å². The first kappa shape index (κ1) is 15.3. The molecule has 21 heavy (non-hydrogen) atoms. The van der Waals surface area contributed by atoms with Gasteiger partial charge in [-0.15, -0.1) is 0 Å². The lowest BCUT2D eigenvalue weighted by molar-refractivity contribution is -0.0522. The Balaban J connectivity index is 2.18. The molecule has 0 saturated heterocycles. The quantitative estimate of drug-likeness (QED) is 0.839. The van der Waals surface area contributed by atoms with Crippen LogP contribution in [0.5, 0.6) is 11.5 Å². The van der Waals surface area contributed by atoms with Gasteiger partial charge in [0.2, 0.25) is 0 Å². The molecule has 7 heteroatoms. The van der Waals surface area contributed by atoms with Crippen LogP contribution in [0.1, 0.15) is 5.56 Å². The molecule has 0 aliphatic rings. The molecule has 0 spiro atoms. The van der Waals surface area contributed by atoms with Crippen molar-refractivity contribution in [1.82, 2.24) is 0 Å². The highest BCUT2D eigenvalue weighted by molar-refractivity contribution is 6.31. The fraction of sp³-hybridized carbons (Fsp3) is 0.143. The van der Waals surface area contributed by atoms with E-state index in [1.807, 2.05) is 0 Å². The summed E-state index contributed by atoms with van der Waals surface area (Å²) in [6, 6.07) is 8.78. The van der Waals surface area contributed by atoms with E-state index in [-0.39, 0.29) is 18.0 Å². The van der Waals surface area contributed by atoms with E-state index in [4.69, 9.17) is 22.1 Å². The van der Waals surface area contributed by atoms with Crippen molar-refractivity contribution in [2.45, 2.75) is 13.2 Å². The molecule has 0 fully saturated rings. The minimum absolute atomic E-state index is 0.0267. The van der Waals surface area contributed by atoms with Crippen molar-refractivity contribution in [3.63, 3.8) is 0 Å². The second-order valence-corrected chi connectivity index (χ2v) is 4.49. The first-order chi connectivity index (χ1) is 9.97. The van der Waals surface area contributed by atoms with Crippen LogP contribution in [0.3, 0.4) is 0 Å². The fourth-order valence-electron chi connectivity index (χ4n) is 1.63. The molecule has 0 heterocycles. The number of rotatable bonds is 5. The van der Waals surface area contributed by atoms with Crippen molar-refractivity contribution >= 4 is 17.3 Å². The van der Waals surface area contributed by atoms with E-state index in [9.17, 15) is 13.2 Å². The lowest BCUT2D eigenvalue weighted by Crippen LogP contribution is -2.06. The molecular weight excluding hydrogens is 307 g/mol. The third kappa shape index (κ3) is 3.95. The smallest absolute Gasteiger partial charge is 0.387 e. The Labute approximate surface area is 124 Å². The molecule has 2 aromatic carbocycles. The van der Waals surface area contributed by atoms with Crippen LogP contribution in [0.15, 0.2) is 36.4 Å². The van der Waals surface area contributed by atoms with Crippen LogP contribution in [-0.2, 0) is 6.61 Å². The lowest BCUT2D eigenvalue weighted by atomic mass is 10.2. The zero-order chi connectivity index (χ0) is 15.4. The van der Waals surface area contributed by atoms with Gasteiger partial charge in [-0.2, -0.15) is 8.78 Å². The van der Waals surface area contributed by atoms with Crippen molar-refractivity contribution in [2.24, 2.45) is 0 Å². The van der Waals surface area contributed by atoms with Crippen LogP contribution >= 0.6 is 11.6 Å². The molecule has 112 valence electrons. The number of hydrogen-bond donors (Lipinski definition) is 1. The number of nitrogen functional groups attached to an aromatic ring is 1. The van der Waals surface area contributed by atoms with Crippen molar-refractivity contribution in [2.75, 3.05) is 5.73 Å². The average molecular weight is 318 g/mol. The van der Waals surface area contributed by atoms with Gasteiger partial charge in [-0.3, -0.25) is 0 Å². The van der Waals surface area contributed by atoms with Crippen molar-refractivity contribution in [3.8, 4) is 11.5 Å². The predicted octanol–water partition coefficient (Wildman–Crippen LogP) is 4.24. The summed E-state index contributed by atoms with van der Waals surface area (Å²) < 4.78 is 47.1. The van der Waals surface area contributed by atoms with Gasteiger partial charge in [0.25, 0.3) is 0 Å². The number of ether oxygens (including phenoxy) is 2. The fourth-order valence-corrected chi connectivity index (χ4v) is 1.82. The zero-order valence-corrected chi connectivity index (χ0v) is 11.4. The molecule has 3 nitrogen and oxygen atoms in total. The summed E-state index contributed by atoms with van der Waals surface area (Å²) in [7, 11) is 0. The predicted molar refractivity (Wildman–Crippen MR) is 73.2 cm³/mol. The minimum Gasteiger partial charge on any atom is -0.487 e. The van der Waals surface area contributed by atoms with E-state index in [1.54, 1.807) is 24.3 Å². The minimum atomic E-state index is -3.14. The molecule has 0 aliphatic carbocycles. The average Bonchev–Trinajstić information content (AvgIpc) is 2.41. The Hall–Kier alpha value is -2.08. The van der Waals surface area contributed by atoms with Crippen LogP contribution in [0.25, 0.3) is 0 Å². The number of alkyl halides is 2. The summed E-state index contributed by atoms with van der Waals surface area (Å²) >= 11 is 5.96. The molecule has 0 aliphatic heterocycles. The molecule has 2 N–H and O–H groups in total. The highest BCUT2D eigenvalue weighted by Gasteiger charge is 2.14. The summed E-state index contributed by atoms with van der Waals surface area (Å²) in [5.41, 5.74) is 6.24. The maximum absolute atomic E-state index is 13.4. The lowest BCUT2D eigenvalue weighted by Gasteiger charge is -2.13. The molecule has 0 aromatic heterocycles. The van der Waals surface area contributed by atoms with E-state index in [0.717, 1.165) is 12.1 Å². The second-order valence-electron chi connectivity index (χ2n) is 4.08. The normalized spacial score (nSPS) is 10.7. The van der Waals surface area contributed by atoms with Crippen molar-refractivity contribution in [1.29, 1.82) is 0 Å². The van der Waals surface area contributed by atoms with Gasteiger partial charge in [-0.1, -0.05) is 29.8 Å². The van der Waals surface area contributed by atoms with Crippen molar-refractivity contribution in [3.05, 3.63) is 52.8 Å². The van der Waals surface area contributed by atoms with Crippen LogP contribution in [0, 0.1) is 5.82 Å². The molecular formula is C14H11ClF3NO2.